The Morgan fingerprint density at radius 3 is 2.73 bits per heavy atom. The highest BCUT2D eigenvalue weighted by atomic mass is 35.5. The molecule has 0 aliphatic rings. The van der Waals surface area contributed by atoms with E-state index in [2.05, 4.69) is 19.9 Å². The van der Waals surface area contributed by atoms with E-state index in [-0.39, 0.29) is 0 Å². The Kier molecular flexibility index (Phi) is 4.45. The Balaban J connectivity index is 2.80. The van der Waals surface area contributed by atoms with Crippen LogP contribution >= 0.6 is 11.6 Å². The molecule has 1 aromatic carbocycles. The van der Waals surface area contributed by atoms with Crippen LogP contribution in [-0.4, -0.2) is 6.61 Å². The molecule has 0 atom stereocenters. The van der Waals surface area contributed by atoms with Gasteiger partial charge >= 0.3 is 0 Å². The number of benzene rings is 1. The maximum atomic E-state index is 8.81. The number of hydrogen-bond donors (Lipinski definition) is 0. The van der Waals surface area contributed by atoms with E-state index < -0.39 is 0 Å². The number of halogens is 1. The predicted octanol–water partition coefficient (Wildman–Crippen LogP) is 3.33. The van der Waals surface area contributed by atoms with Gasteiger partial charge in [-0.1, -0.05) is 13.8 Å². The van der Waals surface area contributed by atoms with Crippen LogP contribution in [0.25, 0.3) is 0 Å². The largest absolute Gasteiger partial charge is 0.493 e. The lowest BCUT2D eigenvalue weighted by Gasteiger charge is -2.09. The van der Waals surface area contributed by atoms with Crippen LogP contribution in [0.1, 0.15) is 25.0 Å². The van der Waals surface area contributed by atoms with Gasteiger partial charge in [0.2, 0.25) is 0 Å². The fraction of sp³-hybridized carbons (Fsp3) is 0.417. The molecule has 0 aromatic heterocycles. The van der Waals surface area contributed by atoms with Crippen molar-refractivity contribution in [3.8, 4) is 11.8 Å². The number of hydrogen-bond acceptors (Lipinski definition) is 2. The molecule has 1 rings (SSSR count). The van der Waals surface area contributed by atoms with Gasteiger partial charge < -0.3 is 4.74 Å². The van der Waals surface area contributed by atoms with Gasteiger partial charge in [-0.15, -0.1) is 11.6 Å². The van der Waals surface area contributed by atoms with E-state index in [0.29, 0.717) is 24.0 Å². The van der Waals surface area contributed by atoms with Gasteiger partial charge in [0, 0.05) is 5.88 Å². The monoisotopic (exact) mass is 223 g/mol. The van der Waals surface area contributed by atoms with Crippen molar-refractivity contribution in [2.75, 3.05) is 6.61 Å². The summed E-state index contributed by atoms with van der Waals surface area (Å²) in [6.07, 6.45) is 0. The van der Waals surface area contributed by atoms with E-state index in [0.717, 1.165) is 11.3 Å². The lowest BCUT2D eigenvalue weighted by Crippen LogP contribution is -2.04. The van der Waals surface area contributed by atoms with Crippen molar-refractivity contribution >= 4 is 11.6 Å². The summed E-state index contributed by atoms with van der Waals surface area (Å²) >= 11 is 5.74. The van der Waals surface area contributed by atoms with Crippen LogP contribution in [0, 0.1) is 17.2 Å². The van der Waals surface area contributed by atoms with Crippen LogP contribution in [0.5, 0.6) is 5.75 Å². The molecule has 0 amide bonds. The van der Waals surface area contributed by atoms with Gasteiger partial charge in [-0.3, -0.25) is 0 Å². The van der Waals surface area contributed by atoms with Crippen LogP contribution in [0.15, 0.2) is 18.2 Å². The fourth-order valence-corrected chi connectivity index (χ4v) is 1.36. The second-order valence-electron chi connectivity index (χ2n) is 3.77. The number of nitrogens with zero attached hydrogens (tertiary/aromatic N) is 1. The third kappa shape index (κ3) is 3.45. The molecule has 15 heavy (non-hydrogen) atoms. The van der Waals surface area contributed by atoms with Gasteiger partial charge in [0.1, 0.15) is 5.75 Å². The predicted molar refractivity (Wildman–Crippen MR) is 61.0 cm³/mol. The van der Waals surface area contributed by atoms with Gasteiger partial charge in [-0.2, -0.15) is 5.26 Å². The van der Waals surface area contributed by atoms with Crippen LogP contribution in [0.4, 0.5) is 0 Å². The Morgan fingerprint density at radius 1 is 1.47 bits per heavy atom. The molecule has 0 heterocycles. The number of ether oxygens (including phenoxy) is 1. The highest BCUT2D eigenvalue weighted by molar-refractivity contribution is 6.17. The van der Waals surface area contributed by atoms with Gasteiger partial charge in [-0.05, 0) is 29.7 Å². The molecule has 1 aromatic rings. The maximum Gasteiger partial charge on any atom is 0.119 e. The van der Waals surface area contributed by atoms with Crippen molar-refractivity contribution in [1.29, 1.82) is 5.26 Å². The Hall–Kier alpha value is -1.20. The summed E-state index contributed by atoms with van der Waals surface area (Å²) in [5.74, 6) is 1.60. The first-order valence-electron chi connectivity index (χ1n) is 4.89. The summed E-state index contributed by atoms with van der Waals surface area (Å²) in [4.78, 5) is 0. The third-order valence-corrected chi connectivity index (χ3v) is 2.21. The molecule has 0 fully saturated rings. The molecule has 0 saturated carbocycles. The molecule has 3 heteroatoms. The summed E-state index contributed by atoms with van der Waals surface area (Å²) in [7, 11) is 0. The van der Waals surface area contributed by atoms with E-state index in [9.17, 15) is 0 Å². The molecule has 0 bridgehead atoms. The Morgan fingerprint density at radius 2 is 2.20 bits per heavy atom. The number of rotatable bonds is 4. The molecule has 2 nitrogen and oxygen atoms in total. The topological polar surface area (TPSA) is 33.0 Å². The van der Waals surface area contributed by atoms with E-state index in [1.807, 2.05) is 6.07 Å². The average molecular weight is 224 g/mol. The first-order chi connectivity index (χ1) is 7.17. The molecule has 0 aliphatic heterocycles. The average Bonchev–Trinajstić information content (AvgIpc) is 2.25. The first kappa shape index (κ1) is 11.9. The van der Waals surface area contributed by atoms with E-state index >= 15 is 0 Å². The van der Waals surface area contributed by atoms with E-state index in [1.54, 1.807) is 12.1 Å². The minimum atomic E-state index is 0.335. The van der Waals surface area contributed by atoms with Crippen molar-refractivity contribution in [1.82, 2.24) is 0 Å². The highest BCUT2D eigenvalue weighted by Gasteiger charge is 2.03. The molecule has 0 unspecified atom stereocenters. The van der Waals surface area contributed by atoms with Crippen molar-refractivity contribution < 1.29 is 4.74 Å². The maximum absolute atomic E-state index is 8.81. The molecule has 0 saturated heterocycles. The van der Waals surface area contributed by atoms with Gasteiger partial charge in [0.05, 0.1) is 18.2 Å². The van der Waals surface area contributed by atoms with Crippen LogP contribution in [0.2, 0.25) is 0 Å². The van der Waals surface area contributed by atoms with Crippen molar-refractivity contribution in [3.05, 3.63) is 29.3 Å². The highest BCUT2D eigenvalue weighted by Crippen LogP contribution is 2.19. The zero-order valence-corrected chi connectivity index (χ0v) is 9.71. The van der Waals surface area contributed by atoms with Crippen molar-refractivity contribution in [2.45, 2.75) is 19.7 Å². The quantitative estimate of drug-likeness (QED) is 0.734. The SMILES string of the molecule is CC(C)COc1ccc(C#N)c(CCl)c1. The zero-order valence-electron chi connectivity index (χ0n) is 8.96. The Bertz CT molecular complexity index is 368. The van der Waals surface area contributed by atoms with Crippen molar-refractivity contribution in [2.24, 2.45) is 5.92 Å². The minimum Gasteiger partial charge on any atom is -0.493 e. The second kappa shape index (κ2) is 5.63. The van der Waals surface area contributed by atoms with Crippen LogP contribution in [0.3, 0.4) is 0 Å². The third-order valence-electron chi connectivity index (χ3n) is 1.92. The summed E-state index contributed by atoms with van der Waals surface area (Å²) in [6, 6.07) is 7.47. The van der Waals surface area contributed by atoms with E-state index in [4.69, 9.17) is 21.6 Å². The Labute approximate surface area is 95.4 Å². The fourth-order valence-electron chi connectivity index (χ4n) is 1.14. The number of alkyl halides is 1. The van der Waals surface area contributed by atoms with Crippen LogP contribution < -0.4 is 4.74 Å². The number of nitriles is 1. The molecular weight excluding hydrogens is 210 g/mol. The zero-order chi connectivity index (χ0) is 11.3. The normalized spacial score (nSPS) is 10.1. The van der Waals surface area contributed by atoms with Gasteiger partial charge in [0.25, 0.3) is 0 Å². The smallest absolute Gasteiger partial charge is 0.119 e. The molecule has 0 N–H and O–H groups in total. The molecule has 80 valence electrons. The van der Waals surface area contributed by atoms with Crippen LogP contribution in [-0.2, 0) is 5.88 Å². The summed E-state index contributed by atoms with van der Waals surface area (Å²) < 4.78 is 5.54. The molecule has 0 radical (unpaired) electrons. The van der Waals surface area contributed by atoms with Gasteiger partial charge in [0.15, 0.2) is 0 Å². The van der Waals surface area contributed by atoms with E-state index in [1.165, 1.54) is 0 Å². The second-order valence-corrected chi connectivity index (χ2v) is 4.04. The van der Waals surface area contributed by atoms with Crippen molar-refractivity contribution in [3.63, 3.8) is 0 Å². The summed E-state index contributed by atoms with van der Waals surface area (Å²) in [5, 5.41) is 8.81. The summed E-state index contributed by atoms with van der Waals surface area (Å²) in [6.45, 7) is 4.85. The molecular formula is C12H14ClNO. The minimum absolute atomic E-state index is 0.335. The molecule has 0 spiro atoms. The lowest BCUT2D eigenvalue weighted by molar-refractivity contribution is 0.271. The lowest BCUT2D eigenvalue weighted by atomic mass is 10.1. The first-order valence-corrected chi connectivity index (χ1v) is 5.42. The summed E-state index contributed by atoms with van der Waals surface area (Å²) in [5.41, 5.74) is 1.43. The standard InChI is InChI=1S/C12H14ClNO/c1-9(2)8-15-12-4-3-10(7-14)11(5-12)6-13/h3-5,9H,6,8H2,1-2H3. The van der Waals surface area contributed by atoms with Gasteiger partial charge in [-0.25, -0.2) is 0 Å². The molecule has 0 aliphatic carbocycles.